The highest BCUT2D eigenvalue weighted by Gasteiger charge is 2.37. The normalized spacial score (nSPS) is 21.8. The molecule has 2 nitrogen and oxygen atoms in total. The highest BCUT2D eigenvalue weighted by atomic mass is 19.1. The standard InChI is InChI=1S/C16H20FNO/c17-14-11-13(12-19)3-4-15(14)18-9-7-16(8-10-18)5-1-2-6-16/h3-4,11-12H,1-2,5-10H2. The predicted molar refractivity (Wildman–Crippen MR) is 74.1 cm³/mol. The Balaban J connectivity index is 1.72. The molecule has 3 heteroatoms. The van der Waals surface area contributed by atoms with Crippen LogP contribution in [-0.2, 0) is 0 Å². The van der Waals surface area contributed by atoms with Gasteiger partial charge < -0.3 is 4.90 Å². The molecule has 0 aromatic heterocycles. The fourth-order valence-corrected chi connectivity index (χ4v) is 3.70. The number of nitrogens with zero attached hydrogens (tertiary/aromatic N) is 1. The second-order valence-corrected chi connectivity index (χ2v) is 6.02. The fraction of sp³-hybridized carbons (Fsp3) is 0.562. The van der Waals surface area contributed by atoms with Crippen molar-refractivity contribution in [3.63, 3.8) is 0 Å². The molecular formula is C16H20FNO. The maximum absolute atomic E-state index is 14.0. The largest absolute Gasteiger partial charge is 0.369 e. The molecule has 1 aromatic rings. The lowest BCUT2D eigenvalue weighted by Gasteiger charge is -2.40. The molecule has 3 rings (SSSR count). The Kier molecular flexibility index (Phi) is 3.29. The lowest BCUT2D eigenvalue weighted by atomic mass is 9.77. The summed E-state index contributed by atoms with van der Waals surface area (Å²) in [6.45, 7) is 1.88. The van der Waals surface area contributed by atoms with Crippen LogP contribution in [0, 0.1) is 11.2 Å². The zero-order chi connectivity index (χ0) is 13.3. The summed E-state index contributed by atoms with van der Waals surface area (Å²) in [4.78, 5) is 12.8. The van der Waals surface area contributed by atoms with E-state index < -0.39 is 0 Å². The Morgan fingerprint density at radius 1 is 1.11 bits per heavy atom. The van der Waals surface area contributed by atoms with Gasteiger partial charge in [0.05, 0.1) is 5.69 Å². The van der Waals surface area contributed by atoms with Crippen LogP contribution in [0.1, 0.15) is 48.9 Å². The lowest BCUT2D eigenvalue weighted by molar-refractivity contribution is 0.112. The summed E-state index contributed by atoms with van der Waals surface area (Å²) in [7, 11) is 0. The van der Waals surface area contributed by atoms with Gasteiger partial charge in [-0.25, -0.2) is 4.39 Å². The van der Waals surface area contributed by atoms with Gasteiger partial charge in [-0.15, -0.1) is 0 Å². The number of benzene rings is 1. The van der Waals surface area contributed by atoms with Gasteiger partial charge in [0.25, 0.3) is 0 Å². The molecule has 0 radical (unpaired) electrons. The Bertz CT molecular complexity index is 470. The summed E-state index contributed by atoms with van der Waals surface area (Å²) < 4.78 is 14.0. The van der Waals surface area contributed by atoms with E-state index >= 15 is 0 Å². The molecule has 1 aliphatic carbocycles. The Labute approximate surface area is 113 Å². The molecule has 0 N–H and O–H groups in total. The van der Waals surface area contributed by atoms with E-state index in [-0.39, 0.29) is 5.82 Å². The highest BCUT2D eigenvalue weighted by Crippen LogP contribution is 2.46. The number of anilines is 1. The zero-order valence-electron chi connectivity index (χ0n) is 11.2. The van der Waals surface area contributed by atoms with Crippen molar-refractivity contribution in [2.75, 3.05) is 18.0 Å². The van der Waals surface area contributed by atoms with E-state index in [1.807, 2.05) is 0 Å². The molecule has 1 saturated carbocycles. The minimum absolute atomic E-state index is 0.271. The molecule has 1 aromatic carbocycles. The minimum Gasteiger partial charge on any atom is -0.369 e. The van der Waals surface area contributed by atoms with Crippen molar-refractivity contribution in [1.82, 2.24) is 0 Å². The van der Waals surface area contributed by atoms with Gasteiger partial charge in [0.1, 0.15) is 12.1 Å². The first-order valence-corrected chi connectivity index (χ1v) is 7.22. The third-order valence-corrected chi connectivity index (χ3v) is 4.94. The maximum atomic E-state index is 14.0. The van der Waals surface area contributed by atoms with E-state index in [0.717, 1.165) is 13.1 Å². The minimum atomic E-state index is -0.271. The Hall–Kier alpha value is -1.38. The maximum Gasteiger partial charge on any atom is 0.150 e. The van der Waals surface area contributed by atoms with Crippen molar-refractivity contribution in [2.45, 2.75) is 38.5 Å². The van der Waals surface area contributed by atoms with E-state index in [1.165, 1.54) is 44.6 Å². The highest BCUT2D eigenvalue weighted by molar-refractivity contribution is 5.76. The van der Waals surface area contributed by atoms with Gasteiger partial charge in [-0.3, -0.25) is 4.79 Å². The molecule has 0 atom stereocenters. The zero-order valence-corrected chi connectivity index (χ0v) is 11.2. The molecule has 2 fully saturated rings. The fourth-order valence-electron chi connectivity index (χ4n) is 3.70. The third-order valence-electron chi connectivity index (χ3n) is 4.94. The summed E-state index contributed by atoms with van der Waals surface area (Å²) in [5.41, 5.74) is 1.61. The van der Waals surface area contributed by atoms with Crippen LogP contribution in [0.2, 0.25) is 0 Å². The molecule has 2 aliphatic rings. The van der Waals surface area contributed by atoms with Gasteiger partial charge in [0, 0.05) is 18.7 Å². The summed E-state index contributed by atoms with van der Waals surface area (Å²) in [5, 5.41) is 0. The van der Waals surface area contributed by atoms with Crippen molar-refractivity contribution in [3.05, 3.63) is 29.6 Å². The van der Waals surface area contributed by atoms with Crippen molar-refractivity contribution < 1.29 is 9.18 Å². The van der Waals surface area contributed by atoms with Crippen molar-refractivity contribution in [1.29, 1.82) is 0 Å². The molecule has 1 saturated heterocycles. The van der Waals surface area contributed by atoms with E-state index in [0.29, 0.717) is 23.0 Å². The average molecular weight is 261 g/mol. The van der Waals surface area contributed by atoms with Crippen LogP contribution in [0.5, 0.6) is 0 Å². The SMILES string of the molecule is O=Cc1ccc(N2CCC3(CCCC3)CC2)c(F)c1. The number of carbonyl (C=O) groups is 1. The summed E-state index contributed by atoms with van der Waals surface area (Å²) in [5.74, 6) is -0.271. The molecule has 1 aliphatic heterocycles. The van der Waals surface area contributed by atoms with Gasteiger partial charge in [-0.1, -0.05) is 12.8 Å². The molecule has 0 unspecified atom stereocenters. The van der Waals surface area contributed by atoms with E-state index in [9.17, 15) is 9.18 Å². The van der Waals surface area contributed by atoms with Crippen LogP contribution in [-0.4, -0.2) is 19.4 Å². The van der Waals surface area contributed by atoms with Crippen molar-refractivity contribution >= 4 is 12.0 Å². The first-order chi connectivity index (χ1) is 9.22. The van der Waals surface area contributed by atoms with E-state index in [4.69, 9.17) is 0 Å². The number of halogens is 1. The Morgan fingerprint density at radius 2 is 1.79 bits per heavy atom. The van der Waals surface area contributed by atoms with Gasteiger partial charge >= 0.3 is 0 Å². The molecule has 0 amide bonds. The van der Waals surface area contributed by atoms with Gasteiger partial charge in [0.15, 0.2) is 0 Å². The molecule has 102 valence electrons. The first kappa shape index (κ1) is 12.6. The second kappa shape index (κ2) is 4.95. The van der Waals surface area contributed by atoms with E-state index in [2.05, 4.69) is 4.90 Å². The number of hydrogen-bond acceptors (Lipinski definition) is 2. The lowest BCUT2D eigenvalue weighted by Crippen LogP contribution is -2.39. The average Bonchev–Trinajstić information content (AvgIpc) is 2.88. The molecule has 19 heavy (non-hydrogen) atoms. The molecule has 1 spiro atoms. The van der Waals surface area contributed by atoms with Crippen LogP contribution >= 0.6 is 0 Å². The van der Waals surface area contributed by atoms with Crippen LogP contribution < -0.4 is 4.90 Å². The van der Waals surface area contributed by atoms with Crippen molar-refractivity contribution in [3.8, 4) is 0 Å². The van der Waals surface area contributed by atoms with Crippen LogP contribution in [0.3, 0.4) is 0 Å². The molecule has 0 bridgehead atoms. The van der Waals surface area contributed by atoms with Gasteiger partial charge in [-0.2, -0.15) is 0 Å². The summed E-state index contributed by atoms with van der Waals surface area (Å²) in [6.07, 6.45) is 8.49. The monoisotopic (exact) mass is 261 g/mol. The quantitative estimate of drug-likeness (QED) is 0.755. The Morgan fingerprint density at radius 3 is 2.37 bits per heavy atom. The summed E-state index contributed by atoms with van der Waals surface area (Å²) in [6, 6.07) is 4.78. The third kappa shape index (κ3) is 2.38. The van der Waals surface area contributed by atoms with E-state index in [1.54, 1.807) is 12.1 Å². The van der Waals surface area contributed by atoms with Crippen LogP contribution in [0.25, 0.3) is 0 Å². The second-order valence-electron chi connectivity index (χ2n) is 6.02. The van der Waals surface area contributed by atoms with Crippen LogP contribution in [0.15, 0.2) is 18.2 Å². The smallest absolute Gasteiger partial charge is 0.150 e. The predicted octanol–water partition coefficient (Wildman–Crippen LogP) is 3.80. The molecule has 1 heterocycles. The topological polar surface area (TPSA) is 20.3 Å². The van der Waals surface area contributed by atoms with Gasteiger partial charge in [0.2, 0.25) is 0 Å². The summed E-state index contributed by atoms with van der Waals surface area (Å²) >= 11 is 0. The first-order valence-electron chi connectivity index (χ1n) is 7.22. The van der Waals surface area contributed by atoms with Crippen molar-refractivity contribution in [2.24, 2.45) is 5.41 Å². The molecular weight excluding hydrogens is 241 g/mol. The number of hydrogen-bond donors (Lipinski definition) is 0. The number of piperidine rings is 1. The number of carbonyl (C=O) groups excluding carboxylic acids is 1. The number of aldehydes is 1. The van der Waals surface area contributed by atoms with Gasteiger partial charge in [-0.05, 0) is 49.3 Å². The van der Waals surface area contributed by atoms with Crippen LogP contribution in [0.4, 0.5) is 10.1 Å². The number of rotatable bonds is 2.